The standard InChI is InChI=1S/C15H16Cl2N2O4/c1-8-12(14(20)23-6-5-22-2)13(19-15(21)18-8)10-4-3-9(16)7-11(10)17/h3-4,7,12-13H,1,5-6H2,2H3,(H2,18,19,21)/t12-,13+/m1/s1. The van der Waals surface area contributed by atoms with Crippen LogP contribution in [-0.4, -0.2) is 32.3 Å². The van der Waals surface area contributed by atoms with Gasteiger partial charge in [-0.15, -0.1) is 0 Å². The predicted molar refractivity (Wildman–Crippen MR) is 86.3 cm³/mol. The van der Waals surface area contributed by atoms with E-state index in [1.54, 1.807) is 18.2 Å². The van der Waals surface area contributed by atoms with Crippen molar-refractivity contribution in [2.45, 2.75) is 6.04 Å². The molecule has 2 N–H and O–H groups in total. The zero-order valence-electron chi connectivity index (χ0n) is 12.4. The third kappa shape index (κ3) is 4.16. The molecule has 0 bridgehead atoms. The summed E-state index contributed by atoms with van der Waals surface area (Å²) in [5, 5.41) is 5.96. The van der Waals surface area contributed by atoms with Gasteiger partial charge in [0.25, 0.3) is 0 Å². The molecule has 0 aliphatic carbocycles. The van der Waals surface area contributed by atoms with E-state index in [1.807, 2.05) is 0 Å². The second-order valence-electron chi connectivity index (χ2n) is 4.91. The maximum Gasteiger partial charge on any atom is 0.319 e. The van der Waals surface area contributed by atoms with Crippen LogP contribution >= 0.6 is 23.2 Å². The number of ether oxygens (including phenoxy) is 2. The summed E-state index contributed by atoms with van der Waals surface area (Å²) < 4.78 is 10.0. The van der Waals surface area contributed by atoms with E-state index in [4.69, 9.17) is 32.7 Å². The van der Waals surface area contributed by atoms with E-state index in [1.165, 1.54) is 7.11 Å². The smallest absolute Gasteiger partial charge is 0.319 e. The van der Waals surface area contributed by atoms with Crippen molar-refractivity contribution in [1.29, 1.82) is 0 Å². The number of hydrogen-bond donors (Lipinski definition) is 2. The summed E-state index contributed by atoms with van der Waals surface area (Å²) in [4.78, 5) is 24.1. The number of hydrogen-bond acceptors (Lipinski definition) is 4. The average Bonchev–Trinajstić information content (AvgIpc) is 2.46. The summed E-state index contributed by atoms with van der Waals surface area (Å²) in [7, 11) is 1.51. The number of carbonyl (C=O) groups is 2. The Morgan fingerprint density at radius 2 is 2.09 bits per heavy atom. The van der Waals surface area contributed by atoms with Gasteiger partial charge in [-0.25, -0.2) is 4.79 Å². The number of esters is 1. The molecule has 8 heteroatoms. The van der Waals surface area contributed by atoms with Gasteiger partial charge in [-0.3, -0.25) is 4.79 Å². The fourth-order valence-electron chi connectivity index (χ4n) is 2.29. The van der Waals surface area contributed by atoms with Gasteiger partial charge in [0.2, 0.25) is 0 Å². The molecular weight excluding hydrogens is 343 g/mol. The molecule has 1 aromatic carbocycles. The van der Waals surface area contributed by atoms with Crippen LogP contribution in [0.5, 0.6) is 0 Å². The van der Waals surface area contributed by atoms with Crippen molar-refractivity contribution < 1.29 is 19.1 Å². The van der Waals surface area contributed by atoms with Gasteiger partial charge in [-0.05, 0) is 17.7 Å². The quantitative estimate of drug-likeness (QED) is 0.626. The largest absolute Gasteiger partial charge is 0.463 e. The minimum Gasteiger partial charge on any atom is -0.463 e. The van der Waals surface area contributed by atoms with E-state index in [9.17, 15) is 9.59 Å². The molecule has 2 rings (SSSR count). The van der Waals surface area contributed by atoms with Crippen LogP contribution in [0.25, 0.3) is 0 Å². The van der Waals surface area contributed by atoms with Crippen molar-refractivity contribution in [1.82, 2.24) is 10.6 Å². The number of carbonyl (C=O) groups excluding carboxylic acids is 2. The molecule has 23 heavy (non-hydrogen) atoms. The van der Waals surface area contributed by atoms with Gasteiger partial charge in [-0.2, -0.15) is 0 Å². The second-order valence-corrected chi connectivity index (χ2v) is 5.75. The first-order chi connectivity index (χ1) is 10.9. The highest BCUT2D eigenvalue weighted by Crippen LogP contribution is 2.35. The zero-order chi connectivity index (χ0) is 17.0. The molecule has 1 aliphatic rings. The lowest BCUT2D eigenvalue weighted by Gasteiger charge is -2.33. The monoisotopic (exact) mass is 358 g/mol. The van der Waals surface area contributed by atoms with Crippen molar-refractivity contribution in [2.75, 3.05) is 20.3 Å². The lowest BCUT2D eigenvalue weighted by atomic mass is 9.89. The van der Waals surface area contributed by atoms with Gasteiger partial charge >= 0.3 is 12.0 Å². The third-order valence-corrected chi connectivity index (χ3v) is 3.92. The van der Waals surface area contributed by atoms with Crippen molar-refractivity contribution >= 4 is 35.2 Å². The Kier molecular flexibility index (Phi) is 5.87. The van der Waals surface area contributed by atoms with Gasteiger partial charge < -0.3 is 20.1 Å². The topological polar surface area (TPSA) is 76.7 Å². The highest BCUT2D eigenvalue weighted by molar-refractivity contribution is 6.35. The van der Waals surface area contributed by atoms with Crippen LogP contribution in [0.15, 0.2) is 30.5 Å². The van der Waals surface area contributed by atoms with Crippen LogP contribution in [-0.2, 0) is 14.3 Å². The van der Waals surface area contributed by atoms with Crippen LogP contribution in [0.1, 0.15) is 11.6 Å². The molecule has 1 aliphatic heterocycles. The Morgan fingerprint density at radius 1 is 1.35 bits per heavy atom. The van der Waals surface area contributed by atoms with E-state index in [0.717, 1.165) is 0 Å². The van der Waals surface area contributed by atoms with E-state index in [0.29, 0.717) is 15.6 Å². The fourth-order valence-corrected chi connectivity index (χ4v) is 2.82. The molecule has 0 radical (unpaired) electrons. The van der Waals surface area contributed by atoms with Crippen molar-refractivity contribution in [3.8, 4) is 0 Å². The number of benzene rings is 1. The Balaban J connectivity index is 2.29. The Bertz CT molecular complexity index is 636. The molecule has 1 heterocycles. The molecule has 0 unspecified atom stereocenters. The van der Waals surface area contributed by atoms with Crippen LogP contribution in [0.4, 0.5) is 4.79 Å². The van der Waals surface area contributed by atoms with Gasteiger partial charge in [0.15, 0.2) is 0 Å². The number of urea groups is 1. The van der Waals surface area contributed by atoms with Crippen LogP contribution in [0, 0.1) is 5.92 Å². The van der Waals surface area contributed by atoms with E-state index < -0.39 is 24.0 Å². The molecule has 6 nitrogen and oxygen atoms in total. The van der Waals surface area contributed by atoms with Crippen molar-refractivity contribution in [3.63, 3.8) is 0 Å². The summed E-state index contributed by atoms with van der Waals surface area (Å²) >= 11 is 12.1. The molecular formula is C15H16Cl2N2O4. The van der Waals surface area contributed by atoms with E-state index >= 15 is 0 Å². The first-order valence-corrected chi connectivity index (χ1v) is 7.56. The minimum atomic E-state index is -0.816. The molecule has 1 fully saturated rings. The van der Waals surface area contributed by atoms with Gasteiger partial charge in [0.05, 0.1) is 12.6 Å². The van der Waals surface area contributed by atoms with Gasteiger partial charge in [-0.1, -0.05) is 35.8 Å². The number of halogens is 2. The number of rotatable bonds is 5. The third-order valence-electron chi connectivity index (χ3n) is 3.35. The van der Waals surface area contributed by atoms with Gasteiger partial charge in [0.1, 0.15) is 12.5 Å². The second kappa shape index (κ2) is 7.68. The summed E-state index contributed by atoms with van der Waals surface area (Å²) in [6, 6.07) is 3.67. The van der Waals surface area contributed by atoms with E-state index in [-0.39, 0.29) is 18.9 Å². The summed E-state index contributed by atoms with van der Waals surface area (Å²) in [6.07, 6.45) is 0. The SMILES string of the molecule is C=C1NC(=O)N[C@@H](c2ccc(Cl)cc2Cl)[C@@H]1C(=O)OCCOC. The molecule has 1 saturated heterocycles. The molecule has 1 aromatic rings. The van der Waals surface area contributed by atoms with E-state index in [2.05, 4.69) is 17.2 Å². The maximum atomic E-state index is 12.4. The number of amides is 2. The normalized spacial score (nSPS) is 20.7. The van der Waals surface area contributed by atoms with Crippen molar-refractivity contribution in [2.24, 2.45) is 5.92 Å². The Morgan fingerprint density at radius 3 is 2.74 bits per heavy atom. The summed E-state index contributed by atoms with van der Waals surface area (Å²) in [6.45, 7) is 4.13. The average molecular weight is 359 g/mol. The van der Waals surface area contributed by atoms with Crippen LogP contribution in [0.3, 0.4) is 0 Å². The number of methoxy groups -OCH3 is 1. The van der Waals surface area contributed by atoms with Gasteiger partial charge in [0, 0.05) is 22.9 Å². The maximum absolute atomic E-state index is 12.4. The highest BCUT2D eigenvalue weighted by atomic mass is 35.5. The lowest BCUT2D eigenvalue weighted by Crippen LogP contribution is -2.51. The summed E-state index contributed by atoms with van der Waals surface area (Å²) in [5.41, 5.74) is 0.799. The minimum absolute atomic E-state index is 0.105. The molecule has 0 spiro atoms. The Labute approximate surface area is 143 Å². The fraction of sp³-hybridized carbons (Fsp3) is 0.333. The van der Waals surface area contributed by atoms with Crippen molar-refractivity contribution in [3.05, 3.63) is 46.1 Å². The molecule has 124 valence electrons. The molecule has 0 saturated carbocycles. The number of nitrogens with one attached hydrogen (secondary N) is 2. The molecule has 2 atom stereocenters. The first-order valence-electron chi connectivity index (χ1n) is 6.81. The lowest BCUT2D eigenvalue weighted by molar-refractivity contribution is -0.149. The predicted octanol–water partition coefficient (Wildman–Crippen LogP) is 2.67. The highest BCUT2D eigenvalue weighted by Gasteiger charge is 2.39. The summed E-state index contributed by atoms with van der Waals surface area (Å²) in [5.74, 6) is -1.35. The van der Waals surface area contributed by atoms with Crippen LogP contribution in [0.2, 0.25) is 10.0 Å². The Hall–Kier alpha value is -1.76. The first kappa shape index (κ1) is 17.6. The molecule has 0 aromatic heterocycles. The molecule has 2 amide bonds. The zero-order valence-corrected chi connectivity index (χ0v) is 13.9. The van der Waals surface area contributed by atoms with Crippen LogP contribution < -0.4 is 10.6 Å².